The molecule has 34 heavy (non-hydrogen) atoms. The van der Waals surface area contributed by atoms with Crippen LogP contribution in [-0.4, -0.2) is 49.9 Å². The minimum Gasteiger partial charge on any atom is -0.465 e. The minimum absolute atomic E-state index is 0.132. The van der Waals surface area contributed by atoms with Crippen LogP contribution < -0.4 is 4.90 Å². The molecule has 0 spiro atoms. The third kappa shape index (κ3) is 6.50. The molecule has 1 aliphatic carbocycles. The van der Waals surface area contributed by atoms with Crippen LogP contribution in [0.3, 0.4) is 0 Å². The molecule has 0 saturated heterocycles. The van der Waals surface area contributed by atoms with Crippen LogP contribution in [0.25, 0.3) is 0 Å². The van der Waals surface area contributed by atoms with Gasteiger partial charge in [-0.3, -0.25) is 14.5 Å². The van der Waals surface area contributed by atoms with E-state index in [1.165, 1.54) is 28.9 Å². The van der Waals surface area contributed by atoms with Crippen molar-refractivity contribution in [3.05, 3.63) is 27.5 Å². The van der Waals surface area contributed by atoms with Crippen LogP contribution in [0.2, 0.25) is 0 Å². The third-order valence-corrected chi connectivity index (χ3v) is 6.95. The normalized spacial score (nSPS) is 18.8. The topological polar surface area (TPSA) is 66.9 Å². The molecular formula is C27H38N2O4S. The van der Waals surface area contributed by atoms with Crippen molar-refractivity contribution in [3.63, 3.8) is 0 Å². The first kappa shape index (κ1) is 27.7. The van der Waals surface area contributed by atoms with Crippen LogP contribution in [0.1, 0.15) is 75.4 Å². The van der Waals surface area contributed by atoms with E-state index in [1.807, 2.05) is 27.7 Å². The zero-order chi connectivity index (χ0) is 25.8. The monoisotopic (exact) mass is 486 g/mol. The molecule has 0 bridgehead atoms. The summed E-state index contributed by atoms with van der Waals surface area (Å²) in [5.74, 6) is 5.31. The van der Waals surface area contributed by atoms with Gasteiger partial charge >= 0.3 is 5.97 Å². The number of allylic oxidation sites excluding steroid dienone is 2. The van der Waals surface area contributed by atoms with Crippen LogP contribution in [0, 0.1) is 29.1 Å². The van der Waals surface area contributed by atoms with Gasteiger partial charge in [0.1, 0.15) is 10.9 Å². The van der Waals surface area contributed by atoms with Crippen molar-refractivity contribution in [1.29, 1.82) is 0 Å². The molecule has 1 aromatic rings. The van der Waals surface area contributed by atoms with Gasteiger partial charge in [0.05, 0.1) is 17.7 Å². The number of hydrogen-bond acceptors (Lipinski definition) is 5. The molecule has 0 aromatic carbocycles. The smallest absolute Gasteiger partial charge is 0.350 e. The number of esters is 1. The summed E-state index contributed by atoms with van der Waals surface area (Å²) in [6.45, 7) is 12.1. The summed E-state index contributed by atoms with van der Waals surface area (Å²) in [6.07, 6.45) is 3.96. The molecule has 6 nitrogen and oxygen atoms in total. The quantitative estimate of drug-likeness (QED) is 0.318. The van der Waals surface area contributed by atoms with Crippen molar-refractivity contribution in [1.82, 2.24) is 4.90 Å². The fraction of sp³-hybridized carbons (Fsp3) is 0.593. The number of ether oxygens (including phenoxy) is 1. The van der Waals surface area contributed by atoms with Crippen molar-refractivity contribution in [3.8, 4) is 11.8 Å². The molecular weight excluding hydrogens is 448 g/mol. The Kier molecular flexibility index (Phi) is 9.13. The van der Waals surface area contributed by atoms with Gasteiger partial charge in [0.25, 0.3) is 0 Å². The number of methoxy groups -OCH3 is 1. The first-order chi connectivity index (χ1) is 15.8. The number of anilines is 1. The van der Waals surface area contributed by atoms with Crippen molar-refractivity contribution >= 4 is 34.8 Å². The van der Waals surface area contributed by atoms with Crippen LogP contribution in [0.4, 0.5) is 5.69 Å². The standard InChI is InChI=1S/C27H38N2O4S/c1-10-21(25(31)28(7)8)29(24(30)20-12-11-17(2)15-18(20)3)22-16-19(13-14-27(4,5)6)34-23(22)26(32)33-9/h11,16,18,20-21H,10,12,15H2,1-9H3/t18-,20?,21-/m0/s1. The number of amides is 2. The number of rotatable bonds is 6. The molecule has 0 aliphatic heterocycles. The Morgan fingerprint density at radius 1 is 1.26 bits per heavy atom. The van der Waals surface area contributed by atoms with E-state index in [2.05, 4.69) is 31.8 Å². The number of thiophene rings is 1. The maximum absolute atomic E-state index is 14.1. The van der Waals surface area contributed by atoms with Crippen molar-refractivity contribution < 1.29 is 19.1 Å². The first-order valence-corrected chi connectivity index (χ1v) is 12.6. The first-order valence-electron chi connectivity index (χ1n) is 11.8. The third-order valence-electron chi connectivity index (χ3n) is 5.93. The van der Waals surface area contributed by atoms with E-state index in [0.29, 0.717) is 23.4 Å². The van der Waals surface area contributed by atoms with E-state index < -0.39 is 12.0 Å². The van der Waals surface area contributed by atoms with E-state index in [1.54, 1.807) is 25.1 Å². The van der Waals surface area contributed by atoms with Gasteiger partial charge in [-0.15, -0.1) is 11.3 Å². The maximum atomic E-state index is 14.1. The fourth-order valence-corrected chi connectivity index (χ4v) is 5.05. The van der Waals surface area contributed by atoms with Gasteiger partial charge in [0, 0.05) is 25.4 Å². The Morgan fingerprint density at radius 2 is 1.91 bits per heavy atom. The van der Waals surface area contributed by atoms with E-state index in [4.69, 9.17) is 4.74 Å². The lowest BCUT2D eigenvalue weighted by atomic mass is 9.80. The van der Waals surface area contributed by atoms with Gasteiger partial charge in [-0.2, -0.15) is 0 Å². The lowest BCUT2D eigenvalue weighted by molar-refractivity contribution is -0.133. The molecule has 0 saturated carbocycles. The lowest BCUT2D eigenvalue weighted by Crippen LogP contribution is -2.52. The summed E-state index contributed by atoms with van der Waals surface area (Å²) >= 11 is 1.20. The SMILES string of the molecule is CC[C@@H](C(=O)N(C)C)N(C(=O)C1CC=C(C)C[C@@H]1C)c1cc(C#CC(C)(C)C)sc1C(=O)OC. The molecule has 1 aromatic heterocycles. The van der Waals surface area contributed by atoms with Gasteiger partial charge in [0.15, 0.2) is 0 Å². The number of hydrogen-bond donors (Lipinski definition) is 0. The van der Waals surface area contributed by atoms with E-state index in [-0.39, 0.29) is 33.9 Å². The second-order valence-corrected chi connectivity index (χ2v) is 11.3. The van der Waals surface area contributed by atoms with Gasteiger partial charge < -0.3 is 9.64 Å². The molecule has 0 fully saturated rings. The maximum Gasteiger partial charge on any atom is 0.350 e. The molecule has 1 unspecified atom stereocenters. The van der Waals surface area contributed by atoms with Crippen molar-refractivity contribution in [2.24, 2.45) is 17.3 Å². The Bertz CT molecular complexity index is 1020. The second-order valence-electron chi connectivity index (χ2n) is 10.3. The fourth-order valence-electron chi connectivity index (χ4n) is 4.13. The average molecular weight is 487 g/mol. The Labute approximate surface area is 208 Å². The van der Waals surface area contributed by atoms with Gasteiger partial charge in [0.2, 0.25) is 11.8 Å². The summed E-state index contributed by atoms with van der Waals surface area (Å²) < 4.78 is 5.05. The van der Waals surface area contributed by atoms with Crippen LogP contribution in [0.15, 0.2) is 17.7 Å². The molecule has 0 radical (unpaired) electrons. The zero-order valence-electron chi connectivity index (χ0n) is 21.9. The summed E-state index contributed by atoms with van der Waals surface area (Å²) in [6, 6.07) is 1.02. The molecule has 3 atom stereocenters. The highest BCUT2D eigenvalue weighted by atomic mass is 32.1. The van der Waals surface area contributed by atoms with Crippen molar-refractivity contribution in [2.45, 2.75) is 66.8 Å². The van der Waals surface area contributed by atoms with E-state index in [9.17, 15) is 14.4 Å². The highest BCUT2D eigenvalue weighted by Crippen LogP contribution is 2.37. The Balaban J connectivity index is 2.71. The Morgan fingerprint density at radius 3 is 2.41 bits per heavy atom. The van der Waals surface area contributed by atoms with Gasteiger partial charge in [-0.1, -0.05) is 37.3 Å². The predicted octanol–water partition coefficient (Wildman–Crippen LogP) is 5.12. The Hall–Kier alpha value is -2.59. The van der Waals surface area contributed by atoms with E-state index >= 15 is 0 Å². The summed E-state index contributed by atoms with van der Waals surface area (Å²) in [4.78, 5) is 44.0. The molecule has 186 valence electrons. The number of carbonyl (C=O) groups is 3. The van der Waals surface area contributed by atoms with Crippen LogP contribution in [0.5, 0.6) is 0 Å². The lowest BCUT2D eigenvalue weighted by Gasteiger charge is -2.37. The molecule has 2 amide bonds. The number of carbonyl (C=O) groups excluding carboxylic acids is 3. The van der Waals surface area contributed by atoms with Crippen molar-refractivity contribution in [2.75, 3.05) is 26.1 Å². The van der Waals surface area contributed by atoms with Gasteiger partial charge in [-0.25, -0.2) is 4.79 Å². The highest BCUT2D eigenvalue weighted by Gasteiger charge is 2.39. The minimum atomic E-state index is -0.733. The molecule has 2 rings (SSSR count). The summed E-state index contributed by atoms with van der Waals surface area (Å²) in [5, 5.41) is 0. The largest absolute Gasteiger partial charge is 0.465 e. The average Bonchev–Trinajstić information content (AvgIpc) is 3.17. The van der Waals surface area contributed by atoms with Gasteiger partial charge in [-0.05, 0) is 58.9 Å². The molecule has 0 N–H and O–H groups in total. The molecule has 7 heteroatoms. The predicted molar refractivity (Wildman–Crippen MR) is 138 cm³/mol. The van der Waals surface area contributed by atoms with E-state index in [0.717, 1.165) is 6.42 Å². The highest BCUT2D eigenvalue weighted by molar-refractivity contribution is 7.15. The number of likely N-dealkylation sites (N-methyl/N-ethyl adjacent to an activating group) is 1. The molecule has 1 heterocycles. The van der Waals surface area contributed by atoms with Crippen LogP contribution in [-0.2, 0) is 14.3 Å². The summed E-state index contributed by atoms with van der Waals surface area (Å²) in [7, 11) is 4.67. The second kappa shape index (κ2) is 11.2. The molecule has 1 aliphatic rings. The zero-order valence-corrected chi connectivity index (χ0v) is 22.8. The summed E-state index contributed by atoms with van der Waals surface area (Å²) in [5.41, 5.74) is 1.45. The number of nitrogens with zero attached hydrogens (tertiary/aromatic N) is 2. The van der Waals surface area contributed by atoms with Crippen LogP contribution >= 0.6 is 11.3 Å².